The van der Waals surface area contributed by atoms with Crippen molar-refractivity contribution in [2.45, 2.75) is 37.6 Å². The molecule has 0 bridgehead atoms. The summed E-state index contributed by atoms with van der Waals surface area (Å²) in [5, 5.41) is 9.84. The highest BCUT2D eigenvalue weighted by Crippen LogP contribution is 2.29. The molecule has 2 aromatic rings. The van der Waals surface area contributed by atoms with Gasteiger partial charge in [-0.2, -0.15) is 0 Å². The van der Waals surface area contributed by atoms with Crippen LogP contribution in [0.15, 0.2) is 42.5 Å². The Morgan fingerprint density at radius 1 is 0.905 bits per heavy atom. The summed E-state index contributed by atoms with van der Waals surface area (Å²) >= 11 is 0. The quantitative estimate of drug-likeness (QED) is 0.797. The Kier molecular flexibility index (Phi) is 3.89. The first-order valence-electron chi connectivity index (χ1n) is 7.72. The predicted octanol–water partition coefficient (Wildman–Crippen LogP) is 4.51. The zero-order valence-corrected chi connectivity index (χ0v) is 12.3. The topological polar surface area (TPSA) is 49.9 Å². The fourth-order valence-corrected chi connectivity index (χ4v) is 3.25. The zero-order valence-electron chi connectivity index (χ0n) is 12.3. The van der Waals surface area contributed by atoms with Crippen molar-refractivity contribution in [3.05, 3.63) is 53.6 Å². The molecule has 1 aliphatic rings. The summed E-state index contributed by atoms with van der Waals surface area (Å²) in [6.45, 7) is 0. The highest BCUT2D eigenvalue weighted by atomic mass is 14.7. The number of fused-ring (bicyclic) bond motifs is 1. The Bertz CT molecular complexity index is 679. The van der Waals surface area contributed by atoms with Gasteiger partial charge in [0, 0.05) is 11.8 Å². The molecule has 3 N–H and O–H groups in total. The van der Waals surface area contributed by atoms with Crippen LogP contribution in [0.25, 0.3) is 16.8 Å². The monoisotopic (exact) mass is 278 g/mol. The van der Waals surface area contributed by atoms with Gasteiger partial charge in [-0.25, -0.2) is 0 Å². The summed E-state index contributed by atoms with van der Waals surface area (Å²) < 4.78 is 0. The Morgan fingerprint density at radius 3 is 2.19 bits per heavy atom. The molecular weight excluding hydrogens is 256 g/mol. The van der Waals surface area contributed by atoms with E-state index in [4.69, 9.17) is 11.1 Å². The molecule has 0 heterocycles. The van der Waals surface area contributed by atoms with Gasteiger partial charge in [0.1, 0.15) is 0 Å². The van der Waals surface area contributed by atoms with Crippen LogP contribution in [0.1, 0.15) is 43.2 Å². The van der Waals surface area contributed by atoms with Gasteiger partial charge in [-0.15, -0.1) is 0 Å². The molecule has 21 heavy (non-hydrogen) atoms. The molecule has 0 atom stereocenters. The first-order valence-corrected chi connectivity index (χ1v) is 7.72. The zero-order chi connectivity index (χ0) is 14.7. The van der Waals surface area contributed by atoms with Gasteiger partial charge < -0.3 is 11.1 Å². The number of hydrogen-bond donors (Lipinski definition) is 2. The van der Waals surface area contributed by atoms with E-state index in [2.05, 4.69) is 30.4 Å². The third-order valence-corrected chi connectivity index (χ3v) is 4.53. The maximum absolute atomic E-state index is 7.53. The minimum absolute atomic E-state index is 0.139. The van der Waals surface area contributed by atoms with E-state index in [1.165, 1.54) is 36.4 Å². The van der Waals surface area contributed by atoms with Crippen LogP contribution in [-0.4, -0.2) is 11.8 Å². The molecule has 1 saturated carbocycles. The molecule has 1 fully saturated rings. The molecule has 2 nitrogen and oxygen atoms in total. The Labute approximate surface area is 126 Å². The minimum atomic E-state index is -0.139. The third kappa shape index (κ3) is 2.91. The summed E-state index contributed by atoms with van der Waals surface area (Å²) in [5.74, 6) is 0. The average molecular weight is 278 g/mol. The van der Waals surface area contributed by atoms with Gasteiger partial charge in [0.25, 0.3) is 0 Å². The molecule has 108 valence electrons. The van der Waals surface area contributed by atoms with Crippen molar-refractivity contribution in [2.75, 3.05) is 0 Å². The second kappa shape index (κ2) is 5.82. The summed E-state index contributed by atoms with van der Waals surface area (Å²) in [4.78, 5) is 0. The number of nitrogens with one attached hydrogen (secondary N) is 1. The normalized spacial score (nSPS) is 18.1. The maximum atomic E-state index is 7.53. The molecule has 2 aromatic carbocycles. The lowest BCUT2D eigenvalue weighted by Crippen LogP contribution is -2.39. The lowest BCUT2D eigenvalue weighted by Gasteiger charge is -2.30. The van der Waals surface area contributed by atoms with E-state index in [0.717, 1.165) is 23.8 Å². The highest BCUT2D eigenvalue weighted by molar-refractivity contribution is 6.02. The largest absolute Gasteiger partial charge is 0.322 e. The van der Waals surface area contributed by atoms with Crippen molar-refractivity contribution in [1.82, 2.24) is 0 Å². The van der Waals surface area contributed by atoms with Crippen molar-refractivity contribution < 1.29 is 0 Å². The number of rotatable bonds is 3. The second-order valence-corrected chi connectivity index (χ2v) is 6.06. The number of nitrogens with two attached hydrogens (primary N) is 1. The molecule has 0 amide bonds. The van der Waals surface area contributed by atoms with Gasteiger partial charge in [-0.05, 0) is 34.7 Å². The smallest absolute Gasteiger partial charge is 0.0342 e. The number of benzene rings is 2. The summed E-state index contributed by atoms with van der Waals surface area (Å²) in [7, 11) is 0. The standard InChI is InChI=1S/C19H22N2/c20-14-16-9-8-15(17-6-2-3-7-18(16)17)10-13-19(21)11-4-1-5-12-19/h2-3,6-10,13-14,20H,1,4-5,11-12,21H2/b13-10+,20-14?. The highest BCUT2D eigenvalue weighted by Gasteiger charge is 2.23. The summed E-state index contributed by atoms with van der Waals surface area (Å²) in [5.41, 5.74) is 8.49. The van der Waals surface area contributed by atoms with E-state index < -0.39 is 0 Å². The van der Waals surface area contributed by atoms with Gasteiger partial charge in [0.2, 0.25) is 0 Å². The van der Waals surface area contributed by atoms with Crippen LogP contribution in [0.4, 0.5) is 0 Å². The molecule has 0 spiro atoms. The first kappa shape index (κ1) is 14.0. The molecule has 0 aromatic heterocycles. The van der Waals surface area contributed by atoms with Crippen LogP contribution in [0.5, 0.6) is 0 Å². The SMILES string of the molecule is N=Cc1ccc(/C=C/C2(N)CCCCC2)c2ccccc12. The van der Waals surface area contributed by atoms with Crippen LogP contribution in [0.2, 0.25) is 0 Å². The van der Waals surface area contributed by atoms with Gasteiger partial charge >= 0.3 is 0 Å². The Morgan fingerprint density at radius 2 is 1.52 bits per heavy atom. The minimum Gasteiger partial charge on any atom is -0.322 e. The Hall–Kier alpha value is -1.93. The van der Waals surface area contributed by atoms with Crippen molar-refractivity contribution in [1.29, 1.82) is 5.41 Å². The van der Waals surface area contributed by atoms with Crippen LogP contribution < -0.4 is 5.73 Å². The molecule has 0 aliphatic heterocycles. The summed E-state index contributed by atoms with van der Waals surface area (Å²) in [6.07, 6.45) is 11.7. The van der Waals surface area contributed by atoms with Gasteiger partial charge in [0.15, 0.2) is 0 Å². The van der Waals surface area contributed by atoms with Gasteiger partial charge in [-0.1, -0.05) is 67.8 Å². The molecular formula is C19H22N2. The van der Waals surface area contributed by atoms with Crippen molar-refractivity contribution in [2.24, 2.45) is 5.73 Å². The van der Waals surface area contributed by atoms with E-state index in [1.54, 1.807) is 0 Å². The fourth-order valence-electron chi connectivity index (χ4n) is 3.25. The maximum Gasteiger partial charge on any atom is 0.0342 e. The van der Waals surface area contributed by atoms with Gasteiger partial charge in [0.05, 0.1) is 0 Å². The van der Waals surface area contributed by atoms with Crippen molar-refractivity contribution >= 4 is 23.1 Å². The Balaban J connectivity index is 1.99. The van der Waals surface area contributed by atoms with Crippen LogP contribution in [0.3, 0.4) is 0 Å². The second-order valence-electron chi connectivity index (χ2n) is 6.06. The molecule has 2 heteroatoms. The molecule has 1 aliphatic carbocycles. The molecule has 0 unspecified atom stereocenters. The lowest BCUT2D eigenvalue weighted by molar-refractivity contribution is 0.360. The average Bonchev–Trinajstić information content (AvgIpc) is 2.53. The first-order chi connectivity index (χ1) is 10.2. The third-order valence-electron chi connectivity index (χ3n) is 4.53. The fraction of sp³-hybridized carbons (Fsp3) is 0.316. The van der Waals surface area contributed by atoms with Crippen molar-refractivity contribution in [3.63, 3.8) is 0 Å². The molecule has 0 saturated heterocycles. The van der Waals surface area contributed by atoms with Crippen LogP contribution in [-0.2, 0) is 0 Å². The van der Waals surface area contributed by atoms with E-state index >= 15 is 0 Å². The van der Waals surface area contributed by atoms with Crippen LogP contribution in [0, 0.1) is 5.41 Å². The molecule has 3 rings (SSSR count). The van der Waals surface area contributed by atoms with E-state index in [9.17, 15) is 0 Å². The molecule has 0 radical (unpaired) electrons. The number of hydrogen-bond acceptors (Lipinski definition) is 2. The van der Waals surface area contributed by atoms with Crippen molar-refractivity contribution in [3.8, 4) is 0 Å². The van der Waals surface area contributed by atoms with E-state index in [1.807, 2.05) is 18.2 Å². The summed E-state index contributed by atoms with van der Waals surface area (Å²) in [6, 6.07) is 12.4. The predicted molar refractivity (Wildman–Crippen MR) is 90.9 cm³/mol. The lowest BCUT2D eigenvalue weighted by atomic mass is 9.82. The van der Waals surface area contributed by atoms with Gasteiger partial charge in [-0.3, -0.25) is 0 Å². The van der Waals surface area contributed by atoms with E-state index in [-0.39, 0.29) is 5.54 Å². The van der Waals surface area contributed by atoms with E-state index in [0.29, 0.717) is 0 Å². The van der Waals surface area contributed by atoms with Crippen LogP contribution >= 0.6 is 0 Å².